The van der Waals surface area contributed by atoms with Crippen molar-refractivity contribution in [3.8, 4) is 0 Å². The predicted molar refractivity (Wildman–Crippen MR) is 25.6 cm³/mol. The Hall–Kier alpha value is 1.32. The van der Waals surface area contributed by atoms with Crippen LogP contribution in [-0.2, 0) is 16.1 Å². The number of aliphatic hydroxyl groups excluding tert-OH is 1. The van der Waals surface area contributed by atoms with Gasteiger partial charge in [-0.25, -0.2) is 9.00 Å². The van der Waals surface area contributed by atoms with Gasteiger partial charge < -0.3 is 13.1 Å². The Labute approximate surface area is 102 Å². The predicted octanol–water partition coefficient (Wildman–Crippen LogP) is -6.80. The van der Waals surface area contributed by atoms with Crippen LogP contribution in [-0.4, -0.2) is 25.4 Å². The molecule has 0 fully saturated rings. The van der Waals surface area contributed by atoms with Crippen LogP contribution in [0.3, 0.4) is 0 Å². The number of hydrogen-bond acceptors (Lipinski definition) is 2. The van der Waals surface area contributed by atoms with Gasteiger partial charge in [-0.05, 0) is 0 Å². The second-order valence-electron chi connectivity index (χ2n) is 0.694. The van der Waals surface area contributed by atoms with Crippen LogP contribution in [0.15, 0.2) is 0 Å². The smallest absolute Gasteiger partial charge is 1.00 e. The molecule has 2 N–H and O–H groups in total. The Morgan fingerprint density at radius 3 is 1.67 bits per heavy atom. The Balaban J connectivity index is -0.0000000300. The topological polar surface area (TPSA) is 74.6 Å². The monoisotopic (exact) mass is 170 g/mol. The number of carboxylic acid groups (broad SMARTS) is 1. The van der Waals surface area contributed by atoms with Crippen molar-refractivity contribution < 1.29 is 81.2 Å². The van der Waals surface area contributed by atoms with E-state index in [2.05, 4.69) is 0 Å². The Bertz CT molecular complexity index is 147. The molecule has 0 atom stereocenters. The first-order chi connectivity index (χ1) is 3.18. The molecule has 9 heavy (non-hydrogen) atoms. The minimum Gasteiger partial charge on any atom is -1.00 e. The van der Waals surface area contributed by atoms with E-state index in [1.807, 2.05) is 0 Å². The maximum Gasteiger partial charge on any atom is 1.00 e. The van der Waals surface area contributed by atoms with Gasteiger partial charge in [0.2, 0.25) is 0 Å². The van der Waals surface area contributed by atoms with Gasteiger partial charge >= 0.3 is 65.1 Å². The molecule has 0 saturated carbocycles. The van der Waals surface area contributed by atoms with Gasteiger partial charge in [0.25, 0.3) is 5.05 Å². The molecule has 0 bridgehead atoms. The quantitative estimate of drug-likeness (QED) is 0.280. The van der Waals surface area contributed by atoms with E-state index in [1.54, 1.807) is 0 Å². The fraction of sp³-hybridized carbons (Fsp3) is 0. The van der Waals surface area contributed by atoms with Crippen molar-refractivity contribution in [2.45, 2.75) is 0 Å². The summed E-state index contributed by atoms with van der Waals surface area (Å²) in [7, 11) is 0. The van der Waals surface area contributed by atoms with Crippen LogP contribution in [0.4, 0.5) is 0 Å². The van der Waals surface area contributed by atoms with Gasteiger partial charge in [0.15, 0.2) is 0 Å². The zero-order chi connectivity index (χ0) is 5.86. The first-order valence-electron chi connectivity index (χ1n) is 1.27. The minimum atomic E-state index is -1.58. The van der Waals surface area contributed by atoms with Gasteiger partial charge in [-0.1, -0.05) is 0 Å². The van der Waals surface area contributed by atoms with E-state index in [0.717, 1.165) is 0 Å². The average molecular weight is 170 g/mol. The Kier molecular flexibility index (Phi) is 17.3. The third-order valence-electron chi connectivity index (χ3n) is 0.262. The summed E-state index contributed by atoms with van der Waals surface area (Å²) in [6.45, 7) is 0. The van der Waals surface area contributed by atoms with Crippen LogP contribution >= 0.6 is 0 Å². The first-order valence-corrected chi connectivity index (χ1v) is 2.01. The van der Waals surface area contributed by atoms with Gasteiger partial charge in [-0.15, -0.1) is 0 Å². The van der Waals surface area contributed by atoms with Crippen LogP contribution in [0.5, 0.6) is 0 Å². The normalized spacial score (nSPS) is 5.89. The average Bonchev–Trinajstić information content (AvgIpc) is 1.65. The summed E-state index contributed by atoms with van der Waals surface area (Å²) < 4.78 is 9.32. The van der Waals surface area contributed by atoms with Gasteiger partial charge in [0.05, 0.1) is 0 Å². The van der Waals surface area contributed by atoms with Crippen molar-refractivity contribution in [3.63, 3.8) is 0 Å². The van der Waals surface area contributed by atoms with Crippen molar-refractivity contribution in [3.05, 3.63) is 0 Å². The number of aliphatic carboxylic acids is 1. The van der Waals surface area contributed by atoms with Gasteiger partial charge in [0.1, 0.15) is 11.3 Å². The third-order valence-corrected chi connectivity index (χ3v) is 0.594. The van der Waals surface area contributed by atoms with Crippen LogP contribution in [0.1, 0.15) is 2.85 Å². The molecule has 0 unspecified atom stereocenters. The van der Waals surface area contributed by atoms with Crippen molar-refractivity contribution >= 4 is 22.3 Å². The fourth-order valence-corrected chi connectivity index (χ4v) is 0.107. The second kappa shape index (κ2) is 9.32. The summed E-state index contributed by atoms with van der Waals surface area (Å²) in [4.78, 5) is 9.42. The summed E-state index contributed by atoms with van der Waals surface area (Å²) >= 11 is -0.444. The van der Waals surface area contributed by atoms with Crippen LogP contribution < -0.4 is 59.1 Å². The molecule has 4 nitrogen and oxygen atoms in total. The number of carbonyl (C=O) groups is 1. The Morgan fingerprint density at radius 2 is 1.67 bits per heavy atom. The van der Waals surface area contributed by atoms with E-state index in [9.17, 15) is 9.00 Å². The maximum absolute atomic E-state index is 9.42. The van der Waals surface area contributed by atoms with Crippen molar-refractivity contribution in [1.29, 1.82) is 0 Å². The molecule has 0 heterocycles. The van der Waals surface area contributed by atoms with E-state index >= 15 is 0 Å². The summed E-state index contributed by atoms with van der Waals surface area (Å²) in [6, 6.07) is 0. The van der Waals surface area contributed by atoms with E-state index < -0.39 is 22.3 Å². The van der Waals surface area contributed by atoms with Crippen molar-refractivity contribution in [2.24, 2.45) is 0 Å². The molecular weight excluding hydrogens is 166 g/mol. The SMILES string of the molecule is O=S=C(O)C(=O)O.[H-].[H-].[Na+].[Na+]. The molecule has 0 aromatic carbocycles. The molecule has 0 amide bonds. The molecule has 0 aromatic rings. The molecule has 7 heteroatoms. The summed E-state index contributed by atoms with van der Waals surface area (Å²) in [5.41, 5.74) is 0. The number of rotatable bonds is 0. The second-order valence-corrected chi connectivity index (χ2v) is 1.25. The first kappa shape index (κ1) is 16.7. The molecule has 0 aliphatic rings. The molecule has 0 rings (SSSR count). The molecule has 0 radical (unpaired) electrons. The molecule has 0 aromatic heterocycles. The van der Waals surface area contributed by atoms with Crippen LogP contribution in [0.2, 0.25) is 0 Å². The molecule has 0 saturated heterocycles. The van der Waals surface area contributed by atoms with E-state index in [4.69, 9.17) is 10.2 Å². The van der Waals surface area contributed by atoms with Gasteiger partial charge in [0, 0.05) is 0 Å². The minimum absolute atomic E-state index is 0. The maximum atomic E-state index is 9.42. The van der Waals surface area contributed by atoms with Gasteiger partial charge in [-0.3, -0.25) is 0 Å². The van der Waals surface area contributed by atoms with Crippen molar-refractivity contribution in [1.82, 2.24) is 0 Å². The summed E-state index contributed by atoms with van der Waals surface area (Å²) in [5, 5.41) is 14.5. The van der Waals surface area contributed by atoms with Crippen molar-refractivity contribution in [2.75, 3.05) is 0 Å². The zero-order valence-electron chi connectivity index (χ0n) is 7.12. The fourth-order valence-electron chi connectivity index (χ4n) is 0.0356. The van der Waals surface area contributed by atoms with E-state index in [-0.39, 0.29) is 62.0 Å². The van der Waals surface area contributed by atoms with Gasteiger partial charge in [-0.2, -0.15) is 0 Å². The molecule has 44 valence electrons. The standard InChI is InChI=1S/C2H2O4S.2Na.2H/c3-1(4)2(5)7-6;;;;/h5H,(H,3,4);;;;/q;2*+1;2*-1. The van der Waals surface area contributed by atoms with E-state index in [1.165, 1.54) is 0 Å². The number of aliphatic hydroxyl groups is 1. The molecular formula is C2H4Na2O4S. The van der Waals surface area contributed by atoms with Crippen LogP contribution in [0.25, 0.3) is 0 Å². The molecule has 0 aliphatic carbocycles. The largest absolute Gasteiger partial charge is 1.00 e. The molecule has 0 aliphatic heterocycles. The number of carboxylic acids is 1. The Morgan fingerprint density at radius 1 is 1.33 bits per heavy atom. The summed E-state index contributed by atoms with van der Waals surface area (Å²) in [5.74, 6) is -1.58. The number of hydrogen-bond donors (Lipinski definition) is 2. The van der Waals surface area contributed by atoms with E-state index in [0.29, 0.717) is 0 Å². The third kappa shape index (κ3) is 9.32. The molecule has 0 spiro atoms. The zero-order valence-corrected chi connectivity index (χ0v) is 9.94. The summed E-state index contributed by atoms with van der Waals surface area (Å²) in [6.07, 6.45) is 0. The van der Waals surface area contributed by atoms with Crippen LogP contribution in [0, 0.1) is 0 Å².